The summed E-state index contributed by atoms with van der Waals surface area (Å²) < 4.78 is 0. The van der Waals surface area contributed by atoms with Crippen LogP contribution in [0.3, 0.4) is 0 Å². The lowest BCUT2D eigenvalue weighted by atomic mass is 10.1. The zero-order valence-electron chi connectivity index (χ0n) is 12.0. The summed E-state index contributed by atoms with van der Waals surface area (Å²) in [5, 5.41) is 12.4. The molecule has 1 saturated heterocycles. The fraction of sp³-hybridized carbons (Fsp3) is 0.278. The van der Waals surface area contributed by atoms with Crippen LogP contribution in [0.1, 0.15) is 17.5 Å². The summed E-state index contributed by atoms with van der Waals surface area (Å²) in [7, 11) is 0. The Morgan fingerprint density at radius 3 is 2.57 bits per heavy atom. The van der Waals surface area contributed by atoms with E-state index in [1.165, 1.54) is 17.7 Å². The first-order valence-corrected chi connectivity index (χ1v) is 7.37. The summed E-state index contributed by atoms with van der Waals surface area (Å²) in [5.41, 5.74) is 3.25. The molecule has 0 spiro atoms. The average molecular weight is 277 g/mol. The molecule has 0 aromatic heterocycles. The summed E-state index contributed by atoms with van der Waals surface area (Å²) >= 11 is 0. The van der Waals surface area contributed by atoms with Gasteiger partial charge in [-0.3, -0.25) is 0 Å². The molecule has 1 atom stereocenters. The Balaban J connectivity index is 1.52. The van der Waals surface area contributed by atoms with E-state index < -0.39 is 0 Å². The smallest absolute Gasteiger partial charge is 0.0991 e. The number of hydrogen-bond donors (Lipinski definition) is 1. The number of anilines is 1. The van der Waals surface area contributed by atoms with Gasteiger partial charge in [0, 0.05) is 31.4 Å². The van der Waals surface area contributed by atoms with Crippen molar-refractivity contribution in [2.45, 2.75) is 19.0 Å². The minimum absolute atomic E-state index is 0.529. The summed E-state index contributed by atoms with van der Waals surface area (Å²) in [6, 6.07) is 21.1. The van der Waals surface area contributed by atoms with Gasteiger partial charge in [0.25, 0.3) is 0 Å². The van der Waals surface area contributed by atoms with Gasteiger partial charge in [-0.2, -0.15) is 5.26 Å². The predicted molar refractivity (Wildman–Crippen MR) is 85.1 cm³/mol. The van der Waals surface area contributed by atoms with Gasteiger partial charge in [-0.15, -0.1) is 0 Å². The van der Waals surface area contributed by atoms with Gasteiger partial charge >= 0.3 is 0 Å². The maximum absolute atomic E-state index is 8.80. The van der Waals surface area contributed by atoms with E-state index in [-0.39, 0.29) is 0 Å². The minimum atomic E-state index is 0.529. The number of nitrogens with zero attached hydrogens (tertiary/aromatic N) is 2. The van der Waals surface area contributed by atoms with E-state index in [2.05, 4.69) is 46.6 Å². The molecule has 0 aliphatic carbocycles. The van der Waals surface area contributed by atoms with Crippen molar-refractivity contribution >= 4 is 5.69 Å². The zero-order valence-corrected chi connectivity index (χ0v) is 12.0. The third-order valence-electron chi connectivity index (χ3n) is 3.99. The molecule has 2 aromatic rings. The van der Waals surface area contributed by atoms with Gasteiger partial charge in [0.2, 0.25) is 0 Å². The monoisotopic (exact) mass is 277 g/mol. The fourth-order valence-corrected chi connectivity index (χ4v) is 2.76. The van der Waals surface area contributed by atoms with Crippen LogP contribution >= 0.6 is 0 Å². The van der Waals surface area contributed by atoms with E-state index in [1.54, 1.807) is 0 Å². The van der Waals surface area contributed by atoms with Crippen molar-refractivity contribution in [1.29, 1.82) is 5.26 Å². The maximum Gasteiger partial charge on any atom is 0.0991 e. The van der Waals surface area contributed by atoms with Crippen LogP contribution in [0.25, 0.3) is 0 Å². The van der Waals surface area contributed by atoms with Crippen molar-refractivity contribution in [1.82, 2.24) is 5.32 Å². The SMILES string of the molecule is N#Cc1ccc(CN[C@H]2CCN(c3ccccc3)C2)cc1. The molecule has 3 heteroatoms. The Labute approximate surface area is 125 Å². The number of nitriles is 1. The molecule has 1 heterocycles. The quantitative estimate of drug-likeness (QED) is 0.934. The van der Waals surface area contributed by atoms with Crippen LogP contribution in [0.4, 0.5) is 5.69 Å². The molecule has 3 rings (SSSR count). The molecule has 0 saturated carbocycles. The van der Waals surface area contributed by atoms with Crippen LogP contribution in [0.5, 0.6) is 0 Å². The van der Waals surface area contributed by atoms with Crippen molar-refractivity contribution < 1.29 is 0 Å². The lowest BCUT2D eigenvalue weighted by Crippen LogP contribution is -2.32. The van der Waals surface area contributed by atoms with Gasteiger partial charge in [0.05, 0.1) is 11.6 Å². The Kier molecular flexibility index (Phi) is 4.18. The van der Waals surface area contributed by atoms with Gasteiger partial charge in [-0.25, -0.2) is 0 Å². The molecule has 0 unspecified atom stereocenters. The number of benzene rings is 2. The Bertz CT molecular complexity index is 613. The average Bonchev–Trinajstić information content (AvgIpc) is 3.03. The summed E-state index contributed by atoms with van der Waals surface area (Å²) in [6.07, 6.45) is 1.17. The van der Waals surface area contributed by atoms with Crippen LogP contribution in [0.15, 0.2) is 54.6 Å². The number of rotatable bonds is 4. The highest BCUT2D eigenvalue weighted by Gasteiger charge is 2.21. The van der Waals surface area contributed by atoms with E-state index in [9.17, 15) is 0 Å². The fourth-order valence-electron chi connectivity index (χ4n) is 2.76. The third-order valence-corrected chi connectivity index (χ3v) is 3.99. The van der Waals surface area contributed by atoms with E-state index in [1.807, 2.05) is 24.3 Å². The Morgan fingerprint density at radius 1 is 1.10 bits per heavy atom. The lowest BCUT2D eigenvalue weighted by molar-refractivity contribution is 0.551. The minimum Gasteiger partial charge on any atom is -0.370 e. The highest BCUT2D eigenvalue weighted by Crippen LogP contribution is 2.19. The van der Waals surface area contributed by atoms with E-state index in [0.717, 1.165) is 25.2 Å². The van der Waals surface area contributed by atoms with Crippen molar-refractivity contribution in [3.05, 3.63) is 65.7 Å². The molecule has 21 heavy (non-hydrogen) atoms. The van der Waals surface area contributed by atoms with Crippen LogP contribution in [-0.4, -0.2) is 19.1 Å². The molecule has 1 N–H and O–H groups in total. The second-order valence-corrected chi connectivity index (χ2v) is 5.46. The van der Waals surface area contributed by atoms with Gasteiger partial charge < -0.3 is 10.2 Å². The van der Waals surface area contributed by atoms with Gasteiger partial charge in [0.15, 0.2) is 0 Å². The molecule has 106 valence electrons. The number of para-hydroxylation sites is 1. The molecule has 0 radical (unpaired) electrons. The molecule has 2 aromatic carbocycles. The molecular formula is C18H19N3. The molecule has 1 aliphatic rings. The van der Waals surface area contributed by atoms with Crippen molar-refractivity contribution in [3.63, 3.8) is 0 Å². The van der Waals surface area contributed by atoms with Gasteiger partial charge in [0.1, 0.15) is 0 Å². The largest absolute Gasteiger partial charge is 0.370 e. The summed E-state index contributed by atoms with van der Waals surface area (Å²) in [5.74, 6) is 0. The highest BCUT2D eigenvalue weighted by atomic mass is 15.2. The second kappa shape index (κ2) is 6.43. The molecule has 0 amide bonds. The Hall–Kier alpha value is -2.31. The molecule has 3 nitrogen and oxygen atoms in total. The van der Waals surface area contributed by atoms with E-state index >= 15 is 0 Å². The van der Waals surface area contributed by atoms with Gasteiger partial charge in [-0.05, 0) is 36.2 Å². The van der Waals surface area contributed by atoms with E-state index in [4.69, 9.17) is 5.26 Å². The summed E-state index contributed by atoms with van der Waals surface area (Å²) in [4.78, 5) is 2.43. The zero-order chi connectivity index (χ0) is 14.5. The molecule has 1 aliphatic heterocycles. The van der Waals surface area contributed by atoms with Gasteiger partial charge in [-0.1, -0.05) is 30.3 Å². The van der Waals surface area contributed by atoms with Crippen LogP contribution in [-0.2, 0) is 6.54 Å². The lowest BCUT2D eigenvalue weighted by Gasteiger charge is -2.19. The standard InChI is InChI=1S/C18H19N3/c19-12-15-6-8-16(9-7-15)13-20-17-10-11-21(14-17)18-4-2-1-3-5-18/h1-9,17,20H,10-11,13-14H2/t17-/m0/s1. The van der Waals surface area contributed by atoms with Crippen molar-refractivity contribution in [2.75, 3.05) is 18.0 Å². The maximum atomic E-state index is 8.80. The molecular weight excluding hydrogens is 258 g/mol. The van der Waals surface area contributed by atoms with Crippen LogP contribution < -0.4 is 10.2 Å². The van der Waals surface area contributed by atoms with Crippen molar-refractivity contribution in [2.24, 2.45) is 0 Å². The highest BCUT2D eigenvalue weighted by molar-refractivity contribution is 5.47. The predicted octanol–water partition coefficient (Wildman–Crippen LogP) is 2.93. The van der Waals surface area contributed by atoms with Crippen molar-refractivity contribution in [3.8, 4) is 6.07 Å². The first kappa shape index (κ1) is 13.7. The topological polar surface area (TPSA) is 39.1 Å². The normalized spacial score (nSPS) is 17.7. The summed E-state index contributed by atoms with van der Waals surface area (Å²) in [6.45, 7) is 3.02. The second-order valence-electron chi connectivity index (χ2n) is 5.46. The first-order valence-electron chi connectivity index (χ1n) is 7.37. The third kappa shape index (κ3) is 3.42. The number of nitrogens with one attached hydrogen (secondary N) is 1. The van der Waals surface area contributed by atoms with E-state index in [0.29, 0.717) is 6.04 Å². The molecule has 1 fully saturated rings. The van der Waals surface area contributed by atoms with Crippen LogP contribution in [0, 0.1) is 11.3 Å². The molecule has 0 bridgehead atoms. The Morgan fingerprint density at radius 2 is 1.86 bits per heavy atom. The van der Waals surface area contributed by atoms with Crippen LogP contribution in [0.2, 0.25) is 0 Å². The number of hydrogen-bond acceptors (Lipinski definition) is 3. The first-order chi connectivity index (χ1) is 10.3.